The first-order chi connectivity index (χ1) is 23.8. The highest BCUT2D eigenvalue weighted by Gasteiger charge is 2.55. The maximum atomic E-state index is 13.7. The Balaban J connectivity index is 2.67. The van der Waals surface area contributed by atoms with E-state index in [9.17, 15) is 29.7 Å². The average Bonchev–Trinajstić information content (AvgIpc) is 3.06. The molecular formula is C39H60O12. The van der Waals surface area contributed by atoms with Gasteiger partial charge in [0.05, 0.1) is 31.5 Å². The summed E-state index contributed by atoms with van der Waals surface area (Å²) in [5.74, 6) is -7.86. The number of aliphatic hydroxyl groups excluding tert-OH is 3. The van der Waals surface area contributed by atoms with Crippen LogP contribution in [0.3, 0.4) is 0 Å². The number of hydrogen-bond donors (Lipinski definition) is 4. The fourth-order valence-electron chi connectivity index (χ4n) is 7.02. The molecule has 12 atom stereocenters. The second kappa shape index (κ2) is 19.5. The molecule has 0 radical (unpaired) electrons. The summed E-state index contributed by atoms with van der Waals surface area (Å²) >= 11 is 0. The number of ether oxygens (including phenoxy) is 5. The van der Waals surface area contributed by atoms with Crippen LogP contribution < -0.4 is 0 Å². The zero-order valence-electron chi connectivity index (χ0n) is 31.9. The molecule has 1 fully saturated rings. The number of cyclic esters (lactones) is 1. The standard InChI is InChI=1S/C39H60O12/c1-21(2)36-26(7)29(40)20-39(51-36,50-33(43)16-15-32(41)42)28(9)35(45)27(8)37-30(47-10)14-12-13-22(3)17-24(5)34(44)25(6)18-23(4)19-31(48-11)38(46)49-37/h12-16,18-19,21,24-30,34-37,40,44-45H,17,20H2,1-11H3,(H,41,42)/b14-12+,16-15+,22-13+,23-18+,31-19+/t24-,25+,26+,27-,28-,29-,30-,34+,35+,36-,37?,39-/m0/s1. The number of carboxylic acid groups (broad SMARTS) is 1. The van der Waals surface area contributed by atoms with Gasteiger partial charge in [0.2, 0.25) is 11.5 Å². The van der Waals surface area contributed by atoms with Gasteiger partial charge in [0.25, 0.3) is 0 Å². The first kappa shape index (κ1) is 43.9. The number of esters is 2. The van der Waals surface area contributed by atoms with Crippen molar-refractivity contribution in [3.63, 3.8) is 0 Å². The summed E-state index contributed by atoms with van der Waals surface area (Å²) in [6.07, 6.45) is 4.96. The quantitative estimate of drug-likeness (QED) is 0.178. The number of carbonyl (C=O) groups excluding carboxylic acids is 2. The number of carbonyl (C=O) groups is 3. The SMILES string of the molecule is CO/C1=C/C(C)=C/[C@@H](C)[C@H](O)[C@@H](C)C/C(C)=C/C=C/[C@H](OC)C([C@@H](C)[C@@H](O)[C@H](C)[C@]2(OC(=O)/C=C/C(=O)O)C[C@H](O)[C@@H](C)[C@H](C(C)C)O2)OC1=O. The topological polar surface area (TPSA) is 178 Å². The van der Waals surface area contributed by atoms with Gasteiger partial charge in [-0.05, 0) is 38.2 Å². The van der Waals surface area contributed by atoms with Gasteiger partial charge in [-0.15, -0.1) is 0 Å². The Morgan fingerprint density at radius 2 is 1.69 bits per heavy atom. The molecule has 2 rings (SSSR count). The molecule has 0 spiro atoms. The van der Waals surface area contributed by atoms with Gasteiger partial charge in [0.1, 0.15) is 12.2 Å². The van der Waals surface area contributed by atoms with Crippen LogP contribution in [0.4, 0.5) is 0 Å². The van der Waals surface area contributed by atoms with E-state index in [2.05, 4.69) is 0 Å². The highest BCUT2D eigenvalue weighted by atomic mass is 16.7. The Kier molecular flexibility index (Phi) is 16.8. The zero-order chi connectivity index (χ0) is 38.8. The van der Waals surface area contributed by atoms with Crippen LogP contribution in [0.25, 0.3) is 0 Å². The van der Waals surface area contributed by atoms with Gasteiger partial charge in [0.15, 0.2) is 0 Å². The Hall–Kier alpha value is -3.29. The molecule has 0 aromatic heterocycles. The van der Waals surface area contributed by atoms with Crippen LogP contribution in [-0.2, 0) is 38.1 Å². The van der Waals surface area contributed by atoms with Crippen molar-refractivity contribution in [2.75, 3.05) is 14.2 Å². The highest BCUT2D eigenvalue weighted by molar-refractivity contribution is 5.91. The summed E-state index contributed by atoms with van der Waals surface area (Å²) < 4.78 is 29.6. The van der Waals surface area contributed by atoms with Crippen molar-refractivity contribution in [3.8, 4) is 0 Å². The molecule has 4 N–H and O–H groups in total. The Bertz CT molecular complexity index is 1350. The first-order valence-corrected chi connectivity index (χ1v) is 17.7. The zero-order valence-corrected chi connectivity index (χ0v) is 31.9. The lowest BCUT2D eigenvalue weighted by Gasteiger charge is -2.51. The summed E-state index contributed by atoms with van der Waals surface area (Å²) in [7, 11) is 2.78. The van der Waals surface area contributed by atoms with Gasteiger partial charge >= 0.3 is 17.9 Å². The van der Waals surface area contributed by atoms with E-state index in [4.69, 9.17) is 28.8 Å². The van der Waals surface area contributed by atoms with E-state index in [-0.39, 0.29) is 35.9 Å². The molecule has 2 aliphatic heterocycles. The highest BCUT2D eigenvalue weighted by Crippen LogP contribution is 2.44. The number of allylic oxidation sites excluding steroid dienone is 5. The number of rotatable bonds is 10. The molecule has 1 saturated heterocycles. The van der Waals surface area contributed by atoms with Gasteiger partial charge < -0.3 is 44.1 Å². The lowest BCUT2D eigenvalue weighted by atomic mass is 9.76. The van der Waals surface area contributed by atoms with E-state index in [1.54, 1.807) is 32.9 Å². The van der Waals surface area contributed by atoms with E-state index in [1.165, 1.54) is 20.3 Å². The van der Waals surface area contributed by atoms with E-state index in [0.717, 1.165) is 11.6 Å². The van der Waals surface area contributed by atoms with E-state index in [0.29, 0.717) is 18.1 Å². The first-order valence-electron chi connectivity index (χ1n) is 17.7. The molecule has 2 heterocycles. The van der Waals surface area contributed by atoms with Crippen LogP contribution in [0, 0.1) is 35.5 Å². The van der Waals surface area contributed by atoms with Crippen LogP contribution in [0.1, 0.15) is 75.2 Å². The summed E-state index contributed by atoms with van der Waals surface area (Å²) in [4.78, 5) is 37.8. The summed E-state index contributed by atoms with van der Waals surface area (Å²) in [6.45, 7) is 16.5. The number of aliphatic hydroxyl groups is 3. The third-order valence-electron chi connectivity index (χ3n) is 10.1. The van der Waals surface area contributed by atoms with Crippen LogP contribution in [0.2, 0.25) is 0 Å². The normalized spacial score (nSPS) is 37.1. The van der Waals surface area contributed by atoms with Gasteiger partial charge in [-0.2, -0.15) is 0 Å². The third kappa shape index (κ3) is 11.9. The fraction of sp³-hybridized carbons (Fsp3) is 0.667. The van der Waals surface area contributed by atoms with Crippen molar-refractivity contribution < 1.29 is 58.5 Å². The molecule has 0 amide bonds. The number of hydrogen-bond acceptors (Lipinski definition) is 11. The van der Waals surface area contributed by atoms with Crippen LogP contribution in [0.15, 0.2) is 59.4 Å². The summed E-state index contributed by atoms with van der Waals surface area (Å²) in [5, 5.41) is 43.3. The van der Waals surface area contributed by atoms with Crippen molar-refractivity contribution in [3.05, 3.63) is 59.4 Å². The molecule has 0 bridgehead atoms. The lowest BCUT2D eigenvalue weighted by Crippen LogP contribution is -2.60. The molecule has 0 aromatic rings. The van der Waals surface area contributed by atoms with Crippen molar-refractivity contribution in [1.29, 1.82) is 0 Å². The van der Waals surface area contributed by atoms with E-state index in [1.807, 2.05) is 53.7 Å². The Labute approximate surface area is 302 Å². The minimum Gasteiger partial charge on any atom is -0.490 e. The summed E-state index contributed by atoms with van der Waals surface area (Å²) in [5.41, 5.74) is 1.68. The largest absolute Gasteiger partial charge is 0.490 e. The number of methoxy groups -OCH3 is 2. The molecule has 2 aliphatic rings. The molecule has 0 aliphatic carbocycles. The van der Waals surface area contributed by atoms with Gasteiger partial charge in [-0.3, -0.25) is 0 Å². The van der Waals surface area contributed by atoms with Crippen LogP contribution >= 0.6 is 0 Å². The molecule has 51 heavy (non-hydrogen) atoms. The second-order valence-electron chi connectivity index (χ2n) is 14.6. The Morgan fingerprint density at radius 3 is 2.25 bits per heavy atom. The van der Waals surface area contributed by atoms with E-state index >= 15 is 0 Å². The molecule has 12 heteroatoms. The molecule has 1 unspecified atom stereocenters. The minimum atomic E-state index is -1.88. The maximum Gasteiger partial charge on any atom is 0.373 e. The summed E-state index contributed by atoms with van der Waals surface area (Å²) in [6, 6.07) is 0. The Morgan fingerprint density at radius 1 is 1.04 bits per heavy atom. The number of aliphatic carboxylic acids is 1. The van der Waals surface area contributed by atoms with Crippen molar-refractivity contribution in [2.45, 2.75) is 118 Å². The van der Waals surface area contributed by atoms with Crippen molar-refractivity contribution in [1.82, 2.24) is 0 Å². The maximum absolute atomic E-state index is 13.7. The molecule has 288 valence electrons. The minimum absolute atomic E-state index is 0.0556. The molecule has 0 aromatic carbocycles. The predicted octanol–water partition coefficient (Wildman–Crippen LogP) is 4.88. The monoisotopic (exact) mass is 720 g/mol. The second-order valence-corrected chi connectivity index (χ2v) is 14.6. The van der Waals surface area contributed by atoms with Crippen LogP contribution in [-0.4, -0.2) is 95.0 Å². The number of carboxylic acids is 1. The lowest BCUT2D eigenvalue weighted by molar-refractivity contribution is -0.331. The predicted molar refractivity (Wildman–Crippen MR) is 191 cm³/mol. The smallest absolute Gasteiger partial charge is 0.373 e. The third-order valence-corrected chi connectivity index (χ3v) is 10.1. The van der Waals surface area contributed by atoms with Gasteiger partial charge in [-0.25, -0.2) is 14.4 Å². The average molecular weight is 721 g/mol. The van der Waals surface area contributed by atoms with Crippen LogP contribution in [0.5, 0.6) is 0 Å². The van der Waals surface area contributed by atoms with Gasteiger partial charge in [-0.1, -0.05) is 83.9 Å². The van der Waals surface area contributed by atoms with Gasteiger partial charge in [0, 0.05) is 49.4 Å². The fourth-order valence-corrected chi connectivity index (χ4v) is 7.02. The molecule has 0 saturated carbocycles. The molecular weight excluding hydrogens is 660 g/mol. The van der Waals surface area contributed by atoms with E-state index < -0.39 is 72.2 Å². The molecule has 12 nitrogen and oxygen atoms in total. The van der Waals surface area contributed by atoms with Crippen molar-refractivity contribution >= 4 is 17.9 Å². The van der Waals surface area contributed by atoms with Crippen molar-refractivity contribution in [2.24, 2.45) is 35.5 Å².